The van der Waals surface area contributed by atoms with E-state index >= 15 is 0 Å². The van der Waals surface area contributed by atoms with E-state index in [1.165, 1.54) is 48.4 Å². The summed E-state index contributed by atoms with van der Waals surface area (Å²) in [4.78, 5) is 113. The summed E-state index contributed by atoms with van der Waals surface area (Å²) < 4.78 is 118. The molecule has 5 aliphatic rings. The van der Waals surface area contributed by atoms with Crippen LogP contribution in [0.1, 0.15) is 93.4 Å². The predicted molar refractivity (Wildman–Crippen MR) is 410 cm³/mol. The first kappa shape index (κ1) is 88.9. The van der Waals surface area contributed by atoms with Gasteiger partial charge in [-0.05, 0) is 79.2 Å². The number of carbonyl (C=O) groups is 6. The molecule has 4 fully saturated rings. The Hall–Kier alpha value is -8.45. The van der Waals surface area contributed by atoms with Gasteiger partial charge in [-0.1, -0.05) is 44.2 Å². The number of nitrogens with zero attached hydrogens (tertiary/aromatic N) is 6. The van der Waals surface area contributed by atoms with Crippen molar-refractivity contribution in [2.24, 2.45) is 29.6 Å². The third kappa shape index (κ3) is 28.7. The number of alkyl carbamates (subject to hydrolysis) is 1. The highest BCUT2D eigenvalue weighted by molar-refractivity contribution is 7.33. The van der Waals surface area contributed by atoms with Crippen molar-refractivity contribution >= 4 is 75.1 Å². The minimum Gasteiger partial charge on any atom is -0.474 e. The van der Waals surface area contributed by atoms with E-state index in [1.807, 2.05) is 0 Å². The van der Waals surface area contributed by atoms with Crippen LogP contribution in [0.25, 0.3) is 11.2 Å². The Balaban J connectivity index is 0.539. The van der Waals surface area contributed by atoms with Crippen LogP contribution in [0.2, 0.25) is 0 Å². The maximum atomic E-state index is 14.0. The highest BCUT2D eigenvalue weighted by atomic mass is 31.1. The number of aromatic nitrogens is 6. The molecule has 2 aromatic carbocycles. The second kappa shape index (κ2) is 47.1. The van der Waals surface area contributed by atoms with E-state index in [0.29, 0.717) is 152 Å². The van der Waals surface area contributed by atoms with Crippen LogP contribution in [0.4, 0.5) is 21.2 Å². The molecule has 2 aliphatic heterocycles. The summed E-state index contributed by atoms with van der Waals surface area (Å²) in [6.07, 6.45) is 0.957. The first-order valence-corrected chi connectivity index (χ1v) is 40.9. The highest BCUT2D eigenvalue weighted by Gasteiger charge is 2.50. The molecule has 115 heavy (non-hydrogen) atoms. The number of fused-ring (bicyclic) bond motifs is 5. The molecule has 3 unspecified atom stereocenters. The van der Waals surface area contributed by atoms with Crippen molar-refractivity contribution < 1.29 is 118 Å². The molecule has 6 amide bonds. The zero-order valence-corrected chi connectivity index (χ0v) is 66.8. The smallest absolute Gasteiger partial charge is 0.410 e. The molecule has 40 heteroatoms. The van der Waals surface area contributed by atoms with Crippen molar-refractivity contribution in [1.29, 1.82) is 0 Å². The number of hydrogen-bond acceptors (Lipinski definition) is 30. The second-order valence-corrected chi connectivity index (χ2v) is 30.0. The lowest BCUT2D eigenvalue weighted by Gasteiger charge is -2.24. The lowest BCUT2D eigenvalue weighted by Crippen LogP contribution is -2.53. The van der Waals surface area contributed by atoms with Gasteiger partial charge in [0.1, 0.15) is 49.4 Å². The quantitative estimate of drug-likeness (QED) is 0.0155. The Labute approximate surface area is 665 Å². The lowest BCUT2D eigenvalue weighted by atomic mass is 10.0. The normalized spacial score (nSPS) is 23.0. The van der Waals surface area contributed by atoms with Gasteiger partial charge >= 0.3 is 28.7 Å². The number of imidazole rings is 1. The molecular weight excluding hydrogens is 1550 g/mol. The SMILES string of the molecule is CC(C)[C@H](NC(=O)CCOCCOCCOCCOCCOCCOCCOCCOCCNC(=O)OC[C@@H]1[C@@H]2CCC#CCC[C@@H]21)C(=O)N[C@@H](C)C(=O)Nc1ccc(COC(=O)N(C)Cc2ccccc2C(=O)Nc2nc3c(ncn3[C@@H]3O[C@@H]4CO[PH](=O)O[C@H]5C[C@H](Oc6ccncn6)CC5CO[PH](=O)O[C@@H]3[C@@H]4O)c(=O)[nH]2)cc1. The number of anilines is 2. The van der Waals surface area contributed by atoms with Gasteiger partial charge in [-0.15, -0.1) is 11.8 Å². The zero-order valence-electron chi connectivity index (χ0n) is 64.8. The molecule has 3 aliphatic carbocycles. The van der Waals surface area contributed by atoms with Gasteiger partial charge in [0.25, 0.3) is 11.5 Å². The molecule has 14 atom stereocenters. The van der Waals surface area contributed by atoms with E-state index in [0.717, 1.165) is 25.7 Å². The molecule has 2 bridgehead atoms. The van der Waals surface area contributed by atoms with Crippen molar-refractivity contribution in [3.05, 3.63) is 100 Å². The van der Waals surface area contributed by atoms with Crippen LogP contribution in [-0.4, -0.2) is 257 Å². The van der Waals surface area contributed by atoms with E-state index in [-0.39, 0.29) is 74.6 Å². The summed E-state index contributed by atoms with van der Waals surface area (Å²) in [5.41, 5.74) is 0.342. The van der Waals surface area contributed by atoms with Crippen LogP contribution in [0.3, 0.4) is 0 Å². The minimum atomic E-state index is -3.39. The number of carbonyl (C=O) groups excluding carboxylic acids is 6. The third-order valence-corrected chi connectivity index (χ3v) is 21.1. The summed E-state index contributed by atoms with van der Waals surface area (Å²) in [7, 11) is -5.12. The standard InChI is InChI=1S/C75H104N12O26P2/c1-48(2)63(82-61(88)20-23-98-25-27-100-29-31-102-33-35-104-37-38-105-36-34-103-32-30-101-28-26-99-24-22-77-74(94)106-44-58-56-13-7-5-6-8-14-57(56)58)70(92)80-49(3)68(90)81-53-17-15-50(16-18-53)42-107-75(95)86(4)41-51-11-9-10-12-55(51)69(91)84-73-83-67-64(71(93)85-73)79-47-87(67)72-66-65(89)60(111-72)45-109-114(96)112-59-40-54(110-62-19-21-76-46-78-62)39-52(59)43-108-115(97)113-66/h9-12,15-19,21,46-49,52,54,56-60,63,65-66,72,89,114-115H,7-8,13-14,20,22-45H2,1-4H3,(H,77,94)(H,80,92)(H,81,90)(H,82,88)(H2,83,84,85,91,93)/t49-,52?,54+,56-,57+,58-,59-,60+,63-,65+,66+,72+/m0/s1. The fourth-order valence-corrected chi connectivity index (χ4v) is 15.0. The zero-order chi connectivity index (χ0) is 81.3. The summed E-state index contributed by atoms with van der Waals surface area (Å²) in [5.74, 6) is 5.15. The van der Waals surface area contributed by atoms with E-state index in [9.17, 15) is 47.8 Å². The Kier molecular flexibility index (Phi) is 36.4. The van der Waals surface area contributed by atoms with Gasteiger partial charge in [-0.2, -0.15) is 4.98 Å². The summed E-state index contributed by atoms with van der Waals surface area (Å²) in [5, 5.41) is 25.0. The van der Waals surface area contributed by atoms with E-state index < -0.39 is 119 Å². The van der Waals surface area contributed by atoms with E-state index in [2.05, 4.69) is 63.3 Å². The molecule has 7 N–H and O–H groups in total. The molecule has 0 spiro atoms. The van der Waals surface area contributed by atoms with E-state index in [1.54, 1.807) is 62.4 Å². The number of amides is 6. The van der Waals surface area contributed by atoms with Crippen molar-refractivity contribution in [3.63, 3.8) is 0 Å². The predicted octanol–water partition coefficient (Wildman–Crippen LogP) is 4.92. The van der Waals surface area contributed by atoms with Crippen LogP contribution in [0.15, 0.2) is 78.2 Å². The van der Waals surface area contributed by atoms with Gasteiger partial charge in [0, 0.05) is 75.3 Å². The topological polar surface area (TPSA) is 457 Å². The molecule has 3 aromatic heterocycles. The highest BCUT2D eigenvalue weighted by Crippen LogP contribution is 2.52. The van der Waals surface area contributed by atoms with E-state index in [4.69, 9.17) is 74.9 Å². The summed E-state index contributed by atoms with van der Waals surface area (Å²) >= 11 is 0. The number of aromatic amines is 1. The minimum absolute atomic E-state index is 0.0150. The van der Waals surface area contributed by atoms with Crippen molar-refractivity contribution in [3.8, 4) is 17.7 Å². The Bertz CT molecular complexity index is 4090. The number of aliphatic hydroxyl groups excluding tert-OH is 1. The Morgan fingerprint density at radius 1 is 0.713 bits per heavy atom. The Morgan fingerprint density at radius 2 is 1.34 bits per heavy atom. The number of ether oxygens (including phenoxy) is 12. The van der Waals surface area contributed by atoms with Crippen LogP contribution in [0, 0.1) is 41.4 Å². The number of aliphatic hydroxyl groups is 1. The van der Waals surface area contributed by atoms with Gasteiger partial charge in [0.05, 0.1) is 138 Å². The van der Waals surface area contributed by atoms with Gasteiger partial charge < -0.3 is 102 Å². The van der Waals surface area contributed by atoms with Crippen LogP contribution < -0.4 is 36.9 Å². The average molecular weight is 1650 g/mol. The maximum Gasteiger partial charge on any atom is 0.410 e. The summed E-state index contributed by atoms with van der Waals surface area (Å²) in [6.45, 7) is 10.8. The fourth-order valence-electron chi connectivity index (χ4n) is 13.2. The number of nitrogens with one attached hydrogen (secondary N) is 6. The molecular formula is C75H104N12O26P2. The second-order valence-electron chi connectivity index (χ2n) is 28.0. The first-order valence-electron chi connectivity index (χ1n) is 38.5. The molecule has 38 nitrogen and oxygen atoms in total. The van der Waals surface area contributed by atoms with Gasteiger partial charge in [-0.3, -0.25) is 52.5 Å². The molecule has 10 rings (SSSR count). The average Bonchev–Trinajstić information content (AvgIpc) is 1.61. The molecule has 5 heterocycles. The molecule has 0 radical (unpaired) electrons. The van der Waals surface area contributed by atoms with Crippen molar-refractivity contribution in [2.75, 3.05) is 150 Å². The lowest BCUT2D eigenvalue weighted by molar-refractivity contribution is -0.132. The Morgan fingerprint density at radius 3 is 1.98 bits per heavy atom. The van der Waals surface area contributed by atoms with Gasteiger partial charge in [0.15, 0.2) is 17.4 Å². The van der Waals surface area contributed by atoms with Crippen LogP contribution in [-0.2, 0) is 107 Å². The first-order chi connectivity index (χ1) is 55.8. The molecule has 2 saturated carbocycles. The maximum absolute atomic E-state index is 14.0. The van der Waals surface area contributed by atoms with Crippen molar-refractivity contribution in [2.45, 2.75) is 128 Å². The number of H-pyrrole nitrogens is 1. The number of rotatable bonds is 44. The van der Waals surface area contributed by atoms with Crippen LogP contribution >= 0.6 is 16.5 Å². The molecule has 2 saturated heterocycles. The number of benzene rings is 2. The third-order valence-electron chi connectivity index (χ3n) is 19.4. The fraction of sp³-hybridized carbons (Fsp3) is 0.613. The molecule has 630 valence electrons. The van der Waals surface area contributed by atoms with Gasteiger partial charge in [-0.25, -0.2) is 24.5 Å². The van der Waals surface area contributed by atoms with Gasteiger partial charge in [0.2, 0.25) is 29.5 Å². The molecule has 5 aromatic rings. The van der Waals surface area contributed by atoms with Crippen molar-refractivity contribution in [1.82, 2.24) is 50.3 Å². The summed E-state index contributed by atoms with van der Waals surface area (Å²) in [6, 6.07) is 12.5. The largest absolute Gasteiger partial charge is 0.474 e. The number of hydrogen-bond donors (Lipinski definition) is 7. The monoisotopic (exact) mass is 1650 g/mol. The van der Waals surface area contributed by atoms with Crippen LogP contribution in [0.5, 0.6) is 5.88 Å².